The Balaban J connectivity index is 1.40. The van der Waals surface area contributed by atoms with Crippen LogP contribution in [-0.4, -0.2) is 103 Å². The number of carbonyl (C=O) groups excluding carboxylic acids is 1. The quantitative estimate of drug-likeness (QED) is 0.0985. The molecule has 3 heterocycles. The number of aromatic nitrogens is 5. The van der Waals surface area contributed by atoms with Crippen LogP contribution in [0.5, 0.6) is 17.2 Å². The molecular formula is C47H46N8O9S3. The van der Waals surface area contributed by atoms with Crippen LogP contribution >= 0.6 is 11.3 Å². The molecule has 1 aliphatic rings. The molecule has 7 aromatic rings. The Morgan fingerprint density at radius 2 is 1.36 bits per heavy atom. The summed E-state index contributed by atoms with van der Waals surface area (Å²) in [5.74, 6) is 1.65. The van der Waals surface area contributed by atoms with Crippen LogP contribution in [0.1, 0.15) is 42.5 Å². The third kappa shape index (κ3) is 9.67. The van der Waals surface area contributed by atoms with Gasteiger partial charge in [0, 0.05) is 31.7 Å². The van der Waals surface area contributed by atoms with E-state index in [0.717, 1.165) is 16.9 Å². The van der Waals surface area contributed by atoms with Crippen LogP contribution in [0.4, 0.5) is 4.79 Å². The number of benzene rings is 5. The lowest BCUT2D eigenvalue weighted by atomic mass is 9.98. The lowest BCUT2D eigenvalue weighted by Crippen LogP contribution is -2.57. The van der Waals surface area contributed by atoms with Crippen molar-refractivity contribution in [2.24, 2.45) is 0 Å². The van der Waals surface area contributed by atoms with E-state index in [1.165, 1.54) is 40.2 Å². The van der Waals surface area contributed by atoms with Crippen molar-refractivity contribution in [1.29, 1.82) is 5.26 Å². The number of thiazole rings is 1. The molecule has 0 saturated carbocycles. The van der Waals surface area contributed by atoms with Gasteiger partial charge in [-0.2, -0.15) is 9.57 Å². The van der Waals surface area contributed by atoms with E-state index in [4.69, 9.17) is 18.9 Å². The van der Waals surface area contributed by atoms with Gasteiger partial charge in [-0.05, 0) is 102 Å². The lowest BCUT2D eigenvalue weighted by molar-refractivity contribution is 0.0139. The van der Waals surface area contributed by atoms with Crippen molar-refractivity contribution in [3.8, 4) is 45.8 Å². The van der Waals surface area contributed by atoms with Crippen molar-refractivity contribution in [2.45, 2.75) is 61.0 Å². The van der Waals surface area contributed by atoms with Gasteiger partial charge in [0.15, 0.2) is 20.7 Å². The van der Waals surface area contributed by atoms with E-state index in [1.807, 2.05) is 12.1 Å². The van der Waals surface area contributed by atoms with E-state index in [2.05, 4.69) is 26.6 Å². The Morgan fingerprint density at radius 1 is 0.791 bits per heavy atom. The van der Waals surface area contributed by atoms with Crippen molar-refractivity contribution in [2.75, 3.05) is 34.4 Å². The van der Waals surface area contributed by atoms with Crippen molar-refractivity contribution in [3.63, 3.8) is 0 Å². The topological polar surface area (TPSA) is 209 Å². The SMILES string of the molecule is COc1ccc(CN(Cc2ccc(OC)cc2)S(=O)(=O)c2c(S(=O)(=O)C3CN(C(=O)OC(C)(C)C)C3)ccc(-c3cccc4sc(C#N)nc34)c2-c2nnnn2Cc2ccc(OC)cc2)cc1. The minimum absolute atomic E-state index is 0.0383. The predicted molar refractivity (Wildman–Crippen MR) is 250 cm³/mol. The Bertz CT molecular complexity index is 3160. The molecule has 0 atom stereocenters. The molecule has 1 amide bonds. The summed E-state index contributed by atoms with van der Waals surface area (Å²) in [4.78, 5) is 17.9. The van der Waals surface area contributed by atoms with E-state index in [0.29, 0.717) is 44.2 Å². The molecule has 346 valence electrons. The summed E-state index contributed by atoms with van der Waals surface area (Å²) in [5, 5.41) is 21.7. The molecule has 8 rings (SSSR count). The number of likely N-dealkylation sites (tertiary alicyclic amines) is 1. The number of nitriles is 1. The Hall–Kier alpha value is -6.92. The maximum atomic E-state index is 16.2. The molecule has 17 nitrogen and oxygen atoms in total. The van der Waals surface area contributed by atoms with Gasteiger partial charge in [-0.3, -0.25) is 0 Å². The number of ether oxygens (including phenoxy) is 4. The largest absolute Gasteiger partial charge is 0.497 e. The number of carbonyl (C=O) groups is 1. The summed E-state index contributed by atoms with van der Waals surface area (Å²) in [6.45, 7) is 4.24. The van der Waals surface area contributed by atoms with Gasteiger partial charge in [0.05, 0.1) is 48.5 Å². The number of fused-ring (bicyclic) bond motifs is 1. The third-order valence-corrected chi connectivity index (χ3v) is 16.1. The second-order valence-electron chi connectivity index (χ2n) is 16.6. The van der Waals surface area contributed by atoms with Gasteiger partial charge in [0.1, 0.15) is 39.1 Å². The molecular weight excluding hydrogens is 917 g/mol. The van der Waals surface area contributed by atoms with E-state index < -0.39 is 46.6 Å². The van der Waals surface area contributed by atoms with Gasteiger partial charge in [-0.15, -0.1) is 16.4 Å². The van der Waals surface area contributed by atoms with Crippen LogP contribution in [-0.2, 0) is 44.2 Å². The number of sulfonamides is 1. The lowest BCUT2D eigenvalue weighted by Gasteiger charge is -2.39. The average Bonchev–Trinajstić information content (AvgIpc) is 3.95. The first-order chi connectivity index (χ1) is 32.0. The molecule has 2 aromatic heterocycles. The van der Waals surface area contributed by atoms with Crippen LogP contribution in [0.25, 0.3) is 32.7 Å². The molecule has 67 heavy (non-hydrogen) atoms. The standard InChI is InChI=1S/C47H46N8O9S3/c1-47(2,3)64-46(56)53-28-36(29-53)66(57,58)40-23-22-37(38-8-7-9-39-43(38)49-41(24-48)65-39)42(45-50-51-52-55(45)27-32-14-20-35(63-6)21-15-32)44(40)67(59,60)54(25-30-10-16-33(61-4)17-11-30)26-31-12-18-34(62-5)19-13-31/h7-23,36H,25-29H2,1-6H3. The molecule has 0 spiro atoms. The minimum Gasteiger partial charge on any atom is -0.497 e. The molecule has 0 radical (unpaired) electrons. The third-order valence-electron chi connectivity index (χ3n) is 11.1. The van der Waals surface area contributed by atoms with Crippen molar-refractivity contribution >= 4 is 47.5 Å². The highest BCUT2D eigenvalue weighted by atomic mass is 32.2. The number of hydrogen-bond donors (Lipinski definition) is 0. The van der Waals surface area contributed by atoms with E-state index in [1.54, 1.807) is 107 Å². The highest BCUT2D eigenvalue weighted by Crippen LogP contribution is 2.45. The fourth-order valence-corrected chi connectivity index (χ4v) is 12.5. The number of rotatable bonds is 15. The Kier molecular flexibility index (Phi) is 13.0. The first-order valence-electron chi connectivity index (χ1n) is 20.9. The van der Waals surface area contributed by atoms with E-state index in [9.17, 15) is 10.1 Å². The fourth-order valence-electron chi connectivity index (χ4n) is 7.61. The summed E-state index contributed by atoms with van der Waals surface area (Å²) < 4.78 is 88.0. The first-order valence-corrected chi connectivity index (χ1v) is 24.7. The number of methoxy groups -OCH3 is 3. The monoisotopic (exact) mass is 962 g/mol. The summed E-state index contributed by atoms with van der Waals surface area (Å²) in [6, 6.07) is 31.1. The van der Waals surface area contributed by atoms with Crippen LogP contribution in [0.3, 0.4) is 0 Å². The first kappa shape index (κ1) is 46.6. The normalized spacial score (nSPS) is 13.3. The molecule has 0 N–H and O–H groups in total. The molecule has 1 saturated heterocycles. The average molecular weight is 963 g/mol. The van der Waals surface area contributed by atoms with Gasteiger partial charge < -0.3 is 23.8 Å². The number of sulfone groups is 1. The summed E-state index contributed by atoms with van der Waals surface area (Å²) >= 11 is 1.16. The number of amides is 1. The summed E-state index contributed by atoms with van der Waals surface area (Å²) in [7, 11) is -4.96. The van der Waals surface area contributed by atoms with Gasteiger partial charge in [-0.1, -0.05) is 54.6 Å². The second-order valence-corrected chi connectivity index (χ2v) is 21.7. The second kappa shape index (κ2) is 18.8. The highest BCUT2D eigenvalue weighted by molar-refractivity contribution is 7.94. The van der Waals surface area contributed by atoms with Crippen molar-refractivity contribution in [3.05, 3.63) is 125 Å². The molecule has 1 fully saturated rings. The maximum absolute atomic E-state index is 16.2. The molecule has 20 heteroatoms. The van der Waals surface area contributed by atoms with Crippen LogP contribution < -0.4 is 14.2 Å². The molecule has 0 unspecified atom stereocenters. The van der Waals surface area contributed by atoms with Gasteiger partial charge in [-0.25, -0.2) is 31.3 Å². The van der Waals surface area contributed by atoms with Gasteiger partial charge in [0.25, 0.3) is 0 Å². The smallest absolute Gasteiger partial charge is 0.410 e. The highest BCUT2D eigenvalue weighted by Gasteiger charge is 2.46. The summed E-state index contributed by atoms with van der Waals surface area (Å²) in [5.41, 5.74) is 1.95. The van der Waals surface area contributed by atoms with E-state index >= 15 is 16.8 Å². The van der Waals surface area contributed by atoms with Crippen LogP contribution in [0, 0.1) is 11.3 Å². The van der Waals surface area contributed by atoms with Gasteiger partial charge >= 0.3 is 6.09 Å². The Labute approximate surface area is 392 Å². The Morgan fingerprint density at radius 3 is 1.90 bits per heavy atom. The number of para-hydroxylation sites is 1. The van der Waals surface area contributed by atoms with Gasteiger partial charge in [0.2, 0.25) is 10.0 Å². The zero-order valence-electron chi connectivity index (χ0n) is 37.4. The minimum atomic E-state index is -4.96. The molecule has 0 bridgehead atoms. The fraction of sp³-hybridized carbons (Fsp3) is 0.277. The zero-order chi connectivity index (χ0) is 47.7. The molecule has 1 aliphatic heterocycles. The van der Waals surface area contributed by atoms with E-state index in [-0.39, 0.29) is 54.7 Å². The molecule has 0 aliphatic carbocycles. The predicted octanol–water partition coefficient (Wildman–Crippen LogP) is 7.35. The number of hydrogen-bond acceptors (Lipinski definition) is 15. The number of nitrogens with zero attached hydrogens (tertiary/aromatic N) is 8. The summed E-state index contributed by atoms with van der Waals surface area (Å²) in [6.07, 6.45) is -0.696. The number of tetrazole rings is 1. The molecule has 5 aromatic carbocycles. The van der Waals surface area contributed by atoms with Crippen LogP contribution in [0.15, 0.2) is 113 Å². The van der Waals surface area contributed by atoms with Crippen molar-refractivity contribution < 1.29 is 40.6 Å². The zero-order valence-corrected chi connectivity index (χ0v) is 39.9. The van der Waals surface area contributed by atoms with Crippen molar-refractivity contribution in [1.82, 2.24) is 34.4 Å². The van der Waals surface area contributed by atoms with Crippen LogP contribution in [0.2, 0.25) is 0 Å². The maximum Gasteiger partial charge on any atom is 0.410 e.